The third-order valence-corrected chi connectivity index (χ3v) is 6.63. The molecule has 2 aromatic heterocycles. The number of rotatable bonds is 6. The molecule has 4 aromatic rings. The highest BCUT2D eigenvalue weighted by Crippen LogP contribution is 2.44. The number of fused-ring (bicyclic) bond motifs is 1. The maximum atomic E-state index is 13.9. The average Bonchev–Trinajstić information content (AvgIpc) is 3.32. The second kappa shape index (κ2) is 10.4. The number of pyridine rings is 1. The van der Waals surface area contributed by atoms with Crippen LogP contribution in [0.4, 0.5) is 13.2 Å². The number of halogens is 3. The SMILES string of the molecule is Cc1cccc(C(F)(F)F)c1Oc1ccc(C(C)(O)CO)cc1-c1cn(C)c(=O)c2[nH]c(C(=O)NC(C)(C)C)cc12. The van der Waals surface area contributed by atoms with Crippen LogP contribution >= 0.6 is 0 Å². The van der Waals surface area contributed by atoms with E-state index in [1.165, 1.54) is 68.1 Å². The molecule has 1 unspecified atom stereocenters. The Morgan fingerprint density at radius 2 is 1.76 bits per heavy atom. The van der Waals surface area contributed by atoms with Crippen LogP contribution in [0.2, 0.25) is 0 Å². The number of nitrogens with one attached hydrogen (secondary N) is 2. The summed E-state index contributed by atoms with van der Waals surface area (Å²) in [6, 6.07) is 9.52. The fourth-order valence-electron chi connectivity index (χ4n) is 4.46. The number of carbonyl (C=O) groups excluding carboxylic acids is 1. The number of benzene rings is 2. The predicted molar refractivity (Wildman–Crippen MR) is 149 cm³/mol. The van der Waals surface area contributed by atoms with E-state index >= 15 is 0 Å². The Morgan fingerprint density at radius 1 is 1.07 bits per heavy atom. The van der Waals surface area contributed by atoms with E-state index in [9.17, 15) is 33.0 Å². The third-order valence-electron chi connectivity index (χ3n) is 6.63. The molecule has 0 aliphatic rings. The van der Waals surface area contributed by atoms with Crippen LogP contribution in [0.25, 0.3) is 22.0 Å². The Balaban J connectivity index is 2.01. The zero-order valence-corrected chi connectivity index (χ0v) is 23.5. The standard InChI is InChI=1S/C30H32F3N3O5/c1-16-8-7-9-21(30(31,32)33)25(16)41-23-11-10-17(29(5,40)15-37)12-18(23)20-14-36(6)27(39)24-19(20)13-22(34-24)26(38)35-28(2,3)4/h7-14,34,37,40H,15H2,1-6H3,(H,35,38). The minimum atomic E-state index is -4.69. The zero-order valence-electron chi connectivity index (χ0n) is 23.5. The summed E-state index contributed by atoms with van der Waals surface area (Å²) in [7, 11) is 1.50. The molecule has 4 N–H and O–H groups in total. The van der Waals surface area contributed by atoms with Crippen LogP contribution in [0.5, 0.6) is 11.5 Å². The monoisotopic (exact) mass is 571 g/mol. The van der Waals surface area contributed by atoms with E-state index in [4.69, 9.17) is 4.74 Å². The molecule has 2 aromatic carbocycles. The van der Waals surface area contributed by atoms with Crippen molar-refractivity contribution >= 4 is 16.8 Å². The lowest BCUT2D eigenvalue weighted by Crippen LogP contribution is -2.40. The first kappa shape index (κ1) is 29.9. The van der Waals surface area contributed by atoms with Crippen LogP contribution < -0.4 is 15.6 Å². The number of aliphatic hydroxyl groups is 2. The molecule has 1 amide bonds. The smallest absolute Gasteiger partial charge is 0.419 e. The quantitative estimate of drug-likeness (QED) is 0.248. The van der Waals surface area contributed by atoms with Crippen LogP contribution in [-0.4, -0.2) is 37.8 Å². The predicted octanol–water partition coefficient (Wildman–Crippen LogP) is 5.38. The molecule has 0 radical (unpaired) electrons. The van der Waals surface area contributed by atoms with Crippen molar-refractivity contribution in [2.24, 2.45) is 7.05 Å². The van der Waals surface area contributed by atoms with E-state index < -0.39 is 46.7 Å². The number of amides is 1. The summed E-state index contributed by atoms with van der Waals surface area (Å²) in [5, 5.41) is 23.7. The number of aromatic amines is 1. The van der Waals surface area contributed by atoms with Gasteiger partial charge in [-0.25, -0.2) is 0 Å². The van der Waals surface area contributed by atoms with Crippen molar-refractivity contribution in [1.82, 2.24) is 14.9 Å². The molecule has 2 heterocycles. The topological polar surface area (TPSA) is 117 Å². The molecule has 8 nitrogen and oxygen atoms in total. The van der Waals surface area contributed by atoms with Crippen LogP contribution in [-0.2, 0) is 18.8 Å². The molecule has 218 valence electrons. The molecule has 11 heteroatoms. The number of hydrogen-bond donors (Lipinski definition) is 4. The van der Waals surface area contributed by atoms with Gasteiger partial charge in [-0.05, 0) is 70.0 Å². The van der Waals surface area contributed by atoms with Gasteiger partial charge in [0.25, 0.3) is 11.5 Å². The van der Waals surface area contributed by atoms with Crippen molar-refractivity contribution in [3.05, 3.63) is 81.4 Å². The lowest BCUT2D eigenvalue weighted by molar-refractivity contribution is -0.138. The highest BCUT2D eigenvalue weighted by atomic mass is 19.4. The number of aliphatic hydroxyl groups excluding tert-OH is 1. The highest BCUT2D eigenvalue weighted by molar-refractivity contribution is 6.03. The molecular weight excluding hydrogens is 539 g/mol. The largest absolute Gasteiger partial charge is 0.456 e. The molecular formula is C30H32F3N3O5. The van der Waals surface area contributed by atoms with E-state index in [2.05, 4.69) is 10.3 Å². The molecule has 0 bridgehead atoms. The molecule has 1 atom stereocenters. The maximum absolute atomic E-state index is 13.9. The van der Waals surface area contributed by atoms with E-state index in [-0.39, 0.29) is 33.7 Å². The summed E-state index contributed by atoms with van der Waals surface area (Å²) < 4.78 is 48.9. The van der Waals surface area contributed by atoms with Crippen molar-refractivity contribution in [2.75, 3.05) is 6.61 Å². The Bertz CT molecular complexity index is 1690. The van der Waals surface area contributed by atoms with Crippen molar-refractivity contribution in [2.45, 2.75) is 51.9 Å². The lowest BCUT2D eigenvalue weighted by atomic mass is 9.92. The first-order valence-electron chi connectivity index (χ1n) is 12.8. The van der Waals surface area contributed by atoms with Gasteiger partial charge in [0.1, 0.15) is 28.3 Å². The first-order valence-corrected chi connectivity index (χ1v) is 12.8. The molecule has 0 aliphatic carbocycles. The summed E-state index contributed by atoms with van der Waals surface area (Å²) in [6.07, 6.45) is -3.21. The average molecular weight is 572 g/mol. The van der Waals surface area contributed by atoms with Gasteiger partial charge >= 0.3 is 6.18 Å². The van der Waals surface area contributed by atoms with Crippen molar-refractivity contribution in [3.8, 4) is 22.6 Å². The number of aryl methyl sites for hydroxylation is 2. The number of nitrogens with zero attached hydrogens (tertiary/aromatic N) is 1. The van der Waals surface area contributed by atoms with Crippen molar-refractivity contribution < 1.29 is 32.9 Å². The molecule has 4 rings (SSSR count). The van der Waals surface area contributed by atoms with Crippen LogP contribution in [0.3, 0.4) is 0 Å². The summed E-state index contributed by atoms with van der Waals surface area (Å²) in [5.41, 5.74) is -2.37. The van der Waals surface area contributed by atoms with E-state index in [1.807, 2.05) is 0 Å². The maximum Gasteiger partial charge on any atom is 0.419 e. The van der Waals surface area contributed by atoms with Crippen LogP contribution in [0.15, 0.2) is 53.5 Å². The van der Waals surface area contributed by atoms with Gasteiger partial charge in [-0.3, -0.25) is 9.59 Å². The van der Waals surface area contributed by atoms with Gasteiger partial charge in [-0.2, -0.15) is 13.2 Å². The van der Waals surface area contributed by atoms with Gasteiger partial charge in [0.15, 0.2) is 0 Å². The Kier molecular flexibility index (Phi) is 7.57. The molecule has 0 spiro atoms. The van der Waals surface area contributed by atoms with Crippen LogP contribution in [0.1, 0.15) is 54.9 Å². The van der Waals surface area contributed by atoms with Gasteiger partial charge in [-0.15, -0.1) is 0 Å². The van der Waals surface area contributed by atoms with Gasteiger partial charge < -0.3 is 29.8 Å². The molecule has 0 saturated carbocycles. The summed E-state index contributed by atoms with van der Waals surface area (Å²) in [5.74, 6) is -0.850. The van der Waals surface area contributed by atoms with Gasteiger partial charge in [0, 0.05) is 35.3 Å². The molecule has 0 saturated heterocycles. The lowest BCUT2D eigenvalue weighted by Gasteiger charge is -2.24. The fourth-order valence-corrected chi connectivity index (χ4v) is 4.46. The van der Waals surface area contributed by atoms with E-state index in [1.54, 1.807) is 20.8 Å². The molecule has 41 heavy (non-hydrogen) atoms. The summed E-state index contributed by atoms with van der Waals surface area (Å²) >= 11 is 0. The fraction of sp³-hybridized carbons (Fsp3) is 0.333. The normalized spacial score (nSPS) is 13.7. The van der Waals surface area contributed by atoms with E-state index in [0.717, 1.165) is 6.07 Å². The summed E-state index contributed by atoms with van der Waals surface area (Å²) in [4.78, 5) is 28.9. The number of ether oxygens (including phenoxy) is 1. The Labute approximate surface area is 234 Å². The third kappa shape index (κ3) is 6.01. The number of H-pyrrole nitrogens is 1. The molecule has 0 aliphatic heterocycles. The number of hydrogen-bond acceptors (Lipinski definition) is 5. The van der Waals surface area contributed by atoms with Gasteiger partial charge in [0.05, 0.1) is 12.2 Å². The molecule has 0 fully saturated rings. The Hall–Kier alpha value is -4.09. The second-order valence-electron chi connectivity index (χ2n) is 11.3. The minimum absolute atomic E-state index is 0.00383. The highest BCUT2D eigenvalue weighted by Gasteiger charge is 2.35. The first-order chi connectivity index (χ1) is 18.9. The number of carbonyl (C=O) groups is 1. The van der Waals surface area contributed by atoms with Crippen molar-refractivity contribution in [3.63, 3.8) is 0 Å². The number of para-hydroxylation sites is 1. The summed E-state index contributed by atoms with van der Waals surface area (Å²) in [6.45, 7) is 7.67. The van der Waals surface area contributed by atoms with Crippen LogP contribution in [0, 0.1) is 6.92 Å². The minimum Gasteiger partial charge on any atom is -0.456 e. The van der Waals surface area contributed by atoms with E-state index in [0.29, 0.717) is 10.9 Å². The second-order valence-corrected chi connectivity index (χ2v) is 11.3. The number of aromatic nitrogens is 2. The van der Waals surface area contributed by atoms with Gasteiger partial charge in [-0.1, -0.05) is 18.2 Å². The van der Waals surface area contributed by atoms with Gasteiger partial charge in [0.2, 0.25) is 0 Å². The zero-order chi connectivity index (χ0) is 30.5. The Morgan fingerprint density at radius 3 is 2.37 bits per heavy atom. The van der Waals surface area contributed by atoms with Crippen molar-refractivity contribution in [1.29, 1.82) is 0 Å². The number of alkyl halides is 3.